The number of primary amides is 1. The van der Waals surface area contributed by atoms with Gasteiger partial charge in [0.2, 0.25) is 0 Å². The molecule has 0 saturated heterocycles. The number of anilines is 1. The number of amides is 2. The Bertz CT molecular complexity index is 828. The number of aryl methyl sites for hydroxylation is 1. The largest absolute Gasteiger partial charge is 0.483 e. The molecule has 0 spiro atoms. The molecule has 0 unspecified atom stereocenters. The number of aldehydes is 1. The Labute approximate surface area is 149 Å². The maximum Gasteiger partial charge on any atom is 0.262 e. The average Bonchev–Trinajstić information content (AvgIpc) is 2.98. The van der Waals surface area contributed by atoms with Crippen LogP contribution in [0.2, 0.25) is 0 Å². The number of nitrogens with two attached hydrogens (primary N) is 1. The van der Waals surface area contributed by atoms with E-state index in [-0.39, 0.29) is 6.61 Å². The fourth-order valence-electron chi connectivity index (χ4n) is 2.93. The molecule has 2 amide bonds. The van der Waals surface area contributed by atoms with Crippen LogP contribution in [0, 0.1) is 0 Å². The number of benzene rings is 1. The minimum Gasteiger partial charge on any atom is -0.483 e. The minimum absolute atomic E-state index is 0.258. The summed E-state index contributed by atoms with van der Waals surface area (Å²) in [6.07, 6.45) is 4.47. The summed E-state index contributed by atoms with van der Waals surface area (Å²) in [5, 5.41) is 3.21. The van der Waals surface area contributed by atoms with E-state index in [1.165, 1.54) is 11.3 Å². The zero-order valence-corrected chi connectivity index (χ0v) is 14.4. The lowest BCUT2D eigenvalue weighted by atomic mass is 9.95. The van der Waals surface area contributed by atoms with E-state index in [0.29, 0.717) is 28.2 Å². The van der Waals surface area contributed by atoms with Crippen molar-refractivity contribution in [2.24, 2.45) is 5.73 Å². The van der Waals surface area contributed by atoms with Crippen LogP contribution in [0.1, 0.15) is 44.0 Å². The Balaban J connectivity index is 1.72. The van der Waals surface area contributed by atoms with Crippen LogP contribution >= 0.6 is 11.3 Å². The molecule has 0 saturated carbocycles. The van der Waals surface area contributed by atoms with E-state index in [0.717, 1.165) is 36.1 Å². The van der Waals surface area contributed by atoms with E-state index in [4.69, 9.17) is 10.5 Å². The number of thiophene rings is 1. The van der Waals surface area contributed by atoms with Gasteiger partial charge >= 0.3 is 0 Å². The number of hydrogen-bond donors (Lipinski definition) is 2. The summed E-state index contributed by atoms with van der Waals surface area (Å²) in [5.41, 5.74) is 7.26. The van der Waals surface area contributed by atoms with Crippen molar-refractivity contribution in [3.63, 3.8) is 0 Å². The average molecular weight is 358 g/mol. The molecule has 0 aliphatic heterocycles. The van der Waals surface area contributed by atoms with Crippen LogP contribution in [0.15, 0.2) is 24.3 Å². The van der Waals surface area contributed by atoms with Gasteiger partial charge in [0.05, 0.1) is 11.1 Å². The highest BCUT2D eigenvalue weighted by Gasteiger charge is 2.25. The van der Waals surface area contributed by atoms with Gasteiger partial charge in [-0.15, -0.1) is 11.3 Å². The van der Waals surface area contributed by atoms with Crippen LogP contribution in [0.4, 0.5) is 5.00 Å². The van der Waals surface area contributed by atoms with Crippen molar-refractivity contribution in [3.8, 4) is 5.75 Å². The zero-order chi connectivity index (χ0) is 17.8. The van der Waals surface area contributed by atoms with Gasteiger partial charge in [-0.05, 0) is 43.4 Å². The highest BCUT2D eigenvalue weighted by atomic mass is 32.1. The van der Waals surface area contributed by atoms with Gasteiger partial charge in [0.15, 0.2) is 12.9 Å². The molecule has 1 aromatic heterocycles. The van der Waals surface area contributed by atoms with Crippen LogP contribution < -0.4 is 15.8 Å². The quantitative estimate of drug-likeness (QED) is 0.775. The fraction of sp³-hybridized carbons (Fsp3) is 0.278. The van der Waals surface area contributed by atoms with Crippen molar-refractivity contribution >= 4 is 34.4 Å². The van der Waals surface area contributed by atoms with Crippen molar-refractivity contribution in [3.05, 3.63) is 45.8 Å². The van der Waals surface area contributed by atoms with Gasteiger partial charge in [0, 0.05) is 4.88 Å². The van der Waals surface area contributed by atoms with Gasteiger partial charge in [-0.25, -0.2) is 0 Å². The molecule has 130 valence electrons. The third-order valence-electron chi connectivity index (χ3n) is 4.08. The molecule has 0 radical (unpaired) electrons. The molecule has 1 heterocycles. The van der Waals surface area contributed by atoms with E-state index in [1.54, 1.807) is 24.3 Å². The summed E-state index contributed by atoms with van der Waals surface area (Å²) in [5.74, 6) is -0.586. The highest BCUT2D eigenvalue weighted by molar-refractivity contribution is 7.17. The van der Waals surface area contributed by atoms with Crippen LogP contribution in [0.3, 0.4) is 0 Å². The Hall–Kier alpha value is -2.67. The molecule has 7 heteroatoms. The van der Waals surface area contributed by atoms with E-state index >= 15 is 0 Å². The van der Waals surface area contributed by atoms with Crippen molar-refractivity contribution in [2.45, 2.75) is 25.7 Å². The fourth-order valence-corrected chi connectivity index (χ4v) is 4.24. The van der Waals surface area contributed by atoms with Gasteiger partial charge in [-0.2, -0.15) is 0 Å². The molecule has 2 aromatic rings. The van der Waals surface area contributed by atoms with Gasteiger partial charge in [0.25, 0.3) is 11.8 Å². The molecule has 3 rings (SSSR count). The molecule has 3 N–H and O–H groups in total. The number of carbonyl (C=O) groups is 3. The second kappa shape index (κ2) is 7.48. The third kappa shape index (κ3) is 3.71. The summed E-state index contributed by atoms with van der Waals surface area (Å²) in [6, 6.07) is 6.67. The maximum atomic E-state index is 12.2. The second-order valence-electron chi connectivity index (χ2n) is 5.77. The predicted molar refractivity (Wildman–Crippen MR) is 95.4 cm³/mol. The summed E-state index contributed by atoms with van der Waals surface area (Å²) in [4.78, 5) is 36.1. The lowest BCUT2D eigenvalue weighted by Gasteiger charge is -2.11. The first-order valence-electron chi connectivity index (χ1n) is 8.01. The molecular formula is C18H18N2O4S. The lowest BCUT2D eigenvalue weighted by molar-refractivity contribution is -0.118. The predicted octanol–water partition coefficient (Wildman–Crippen LogP) is 2.56. The van der Waals surface area contributed by atoms with Crippen LogP contribution in [-0.2, 0) is 17.6 Å². The molecule has 25 heavy (non-hydrogen) atoms. The summed E-state index contributed by atoms with van der Waals surface area (Å²) in [6.45, 7) is -0.258. The molecule has 0 atom stereocenters. The smallest absolute Gasteiger partial charge is 0.262 e. The van der Waals surface area contributed by atoms with Crippen molar-refractivity contribution in [1.29, 1.82) is 0 Å². The molecule has 0 bridgehead atoms. The van der Waals surface area contributed by atoms with E-state index in [2.05, 4.69) is 5.32 Å². The molecule has 6 nitrogen and oxygen atoms in total. The van der Waals surface area contributed by atoms with Gasteiger partial charge < -0.3 is 15.8 Å². The molecular weight excluding hydrogens is 340 g/mol. The number of rotatable bonds is 6. The summed E-state index contributed by atoms with van der Waals surface area (Å²) >= 11 is 1.40. The standard InChI is InChI=1S/C18H18N2O4S/c19-17(23)16-12-6-2-4-8-14(12)25-18(16)20-15(22)10-24-13-7-3-1-5-11(13)9-21/h1,3,5,7,9H,2,4,6,8,10H2,(H2,19,23)(H,20,22). The van der Waals surface area contributed by atoms with Crippen molar-refractivity contribution in [1.82, 2.24) is 0 Å². The number of hydrogen-bond acceptors (Lipinski definition) is 5. The summed E-state index contributed by atoms with van der Waals surface area (Å²) in [7, 11) is 0. The first-order chi connectivity index (χ1) is 12.1. The van der Waals surface area contributed by atoms with Crippen LogP contribution in [0.5, 0.6) is 5.75 Å². The number of nitrogens with one attached hydrogen (secondary N) is 1. The first-order valence-corrected chi connectivity index (χ1v) is 8.83. The zero-order valence-electron chi connectivity index (χ0n) is 13.5. The van der Waals surface area contributed by atoms with E-state index in [9.17, 15) is 14.4 Å². The Morgan fingerprint density at radius 2 is 2.00 bits per heavy atom. The van der Waals surface area contributed by atoms with Crippen molar-refractivity contribution < 1.29 is 19.1 Å². The Morgan fingerprint density at radius 3 is 2.76 bits per heavy atom. The molecule has 1 aromatic carbocycles. The number of para-hydroxylation sites is 1. The maximum absolute atomic E-state index is 12.2. The second-order valence-corrected chi connectivity index (χ2v) is 6.88. The van der Waals surface area contributed by atoms with E-state index < -0.39 is 11.8 Å². The minimum atomic E-state index is -0.526. The van der Waals surface area contributed by atoms with E-state index in [1.807, 2.05) is 0 Å². The number of carbonyl (C=O) groups excluding carboxylic acids is 3. The van der Waals surface area contributed by atoms with Crippen LogP contribution in [-0.4, -0.2) is 24.7 Å². The SMILES string of the molecule is NC(=O)c1c(NC(=O)COc2ccccc2C=O)sc2c1CCCC2. The van der Waals surface area contributed by atoms with Gasteiger partial charge in [-0.1, -0.05) is 12.1 Å². The van der Waals surface area contributed by atoms with Gasteiger partial charge in [0.1, 0.15) is 10.8 Å². The number of fused-ring (bicyclic) bond motifs is 1. The topological polar surface area (TPSA) is 98.5 Å². The summed E-state index contributed by atoms with van der Waals surface area (Å²) < 4.78 is 5.41. The van der Waals surface area contributed by atoms with Crippen molar-refractivity contribution in [2.75, 3.05) is 11.9 Å². The molecule has 1 aliphatic rings. The normalized spacial score (nSPS) is 13.0. The number of ether oxygens (including phenoxy) is 1. The Kier molecular flexibility index (Phi) is 5.14. The third-order valence-corrected chi connectivity index (χ3v) is 5.28. The molecule has 1 aliphatic carbocycles. The Morgan fingerprint density at radius 1 is 1.24 bits per heavy atom. The van der Waals surface area contributed by atoms with Gasteiger partial charge in [-0.3, -0.25) is 14.4 Å². The first kappa shape index (κ1) is 17.2. The monoisotopic (exact) mass is 358 g/mol. The molecule has 0 fully saturated rings. The van der Waals surface area contributed by atoms with Crippen LogP contribution in [0.25, 0.3) is 0 Å². The lowest BCUT2D eigenvalue weighted by Crippen LogP contribution is -2.22. The highest BCUT2D eigenvalue weighted by Crippen LogP contribution is 2.37.